The Morgan fingerprint density at radius 3 is 1.70 bits per heavy atom. The van der Waals surface area contributed by atoms with Gasteiger partial charge < -0.3 is 4.74 Å². The summed E-state index contributed by atoms with van der Waals surface area (Å²) >= 11 is 0. The topological polar surface area (TPSA) is 61.8 Å². The first kappa shape index (κ1) is 19.2. The van der Waals surface area contributed by atoms with E-state index in [2.05, 4.69) is 13.8 Å². The fraction of sp³-hybridized carbons (Fsp3) is 0.875. The average Bonchev–Trinajstić information content (AvgIpc) is 2.29. The maximum absolute atomic E-state index is 11.9. The number of carbonyl (C=O) groups excluding carboxylic acids is 1. The van der Waals surface area contributed by atoms with Crippen molar-refractivity contribution in [3.63, 3.8) is 0 Å². The molecule has 120 valence electrons. The molecule has 0 unspecified atom stereocenters. The van der Waals surface area contributed by atoms with Gasteiger partial charge in [-0.2, -0.15) is 26.3 Å². The van der Waals surface area contributed by atoms with Crippen molar-refractivity contribution in [1.29, 1.82) is 0 Å². The van der Waals surface area contributed by atoms with Gasteiger partial charge in [0.2, 0.25) is 0 Å². The minimum atomic E-state index is -5.33. The standard InChI is InChI=1S/C8H11F6O5P/c1-2-3-17-6(15)20(16,18-4-7(9,10)11)19-5-8(12,13)14/h2-5H2,1H3. The third-order valence-electron chi connectivity index (χ3n) is 1.45. The second-order valence-electron chi connectivity index (χ2n) is 3.39. The molecular weight excluding hydrogens is 321 g/mol. The summed E-state index contributed by atoms with van der Waals surface area (Å²) in [7, 11) is -5.33. The highest BCUT2D eigenvalue weighted by Crippen LogP contribution is 2.52. The first-order chi connectivity index (χ1) is 8.90. The van der Waals surface area contributed by atoms with Crippen molar-refractivity contribution in [3.05, 3.63) is 0 Å². The Kier molecular flexibility index (Phi) is 6.99. The Morgan fingerprint density at radius 1 is 1.00 bits per heavy atom. The average molecular weight is 332 g/mol. The predicted molar refractivity (Wildman–Crippen MR) is 53.3 cm³/mol. The van der Waals surface area contributed by atoms with E-state index in [9.17, 15) is 35.7 Å². The highest BCUT2D eigenvalue weighted by molar-refractivity contribution is 7.71. The molecule has 5 nitrogen and oxygen atoms in total. The molecule has 0 N–H and O–H groups in total. The van der Waals surface area contributed by atoms with Gasteiger partial charge in [0, 0.05) is 0 Å². The third kappa shape index (κ3) is 8.39. The van der Waals surface area contributed by atoms with E-state index in [0.717, 1.165) is 0 Å². The normalized spacial score (nSPS) is 13.3. The van der Waals surface area contributed by atoms with Gasteiger partial charge in [-0.3, -0.25) is 9.05 Å². The molecule has 0 spiro atoms. The van der Waals surface area contributed by atoms with Crippen LogP contribution in [0.2, 0.25) is 0 Å². The molecule has 0 saturated carbocycles. The molecule has 0 heterocycles. The summed E-state index contributed by atoms with van der Waals surface area (Å²) in [5, 5.41) is 0. The maximum Gasteiger partial charge on any atom is 0.439 e. The van der Waals surface area contributed by atoms with Crippen LogP contribution in [0.3, 0.4) is 0 Å². The van der Waals surface area contributed by atoms with Crippen molar-refractivity contribution in [2.75, 3.05) is 19.8 Å². The molecule has 20 heavy (non-hydrogen) atoms. The minimum Gasteiger partial charge on any atom is -0.457 e. The number of carbonyl (C=O) groups is 1. The minimum absolute atomic E-state index is 0.213. The lowest BCUT2D eigenvalue weighted by Crippen LogP contribution is -2.22. The molecule has 12 heteroatoms. The number of alkyl halides is 6. The van der Waals surface area contributed by atoms with Gasteiger partial charge >= 0.3 is 25.7 Å². The largest absolute Gasteiger partial charge is 0.457 e. The molecule has 0 bridgehead atoms. The van der Waals surface area contributed by atoms with E-state index in [0.29, 0.717) is 0 Å². The molecule has 0 aromatic heterocycles. The lowest BCUT2D eigenvalue weighted by atomic mass is 10.5. The van der Waals surface area contributed by atoms with E-state index in [1.54, 1.807) is 0 Å². The smallest absolute Gasteiger partial charge is 0.439 e. The highest BCUT2D eigenvalue weighted by atomic mass is 31.2. The van der Waals surface area contributed by atoms with Crippen molar-refractivity contribution in [2.24, 2.45) is 0 Å². The molecule has 0 aliphatic heterocycles. The van der Waals surface area contributed by atoms with Crippen LogP contribution in [-0.2, 0) is 18.3 Å². The zero-order chi connectivity index (χ0) is 16.0. The molecule has 0 fully saturated rings. The molecular formula is C8H11F6O5P. The van der Waals surface area contributed by atoms with Crippen LogP contribution in [0.25, 0.3) is 0 Å². The fourth-order valence-electron chi connectivity index (χ4n) is 0.727. The zero-order valence-corrected chi connectivity index (χ0v) is 11.0. The summed E-state index contributed by atoms with van der Waals surface area (Å²) in [6.45, 7) is -3.26. The molecule has 0 saturated heterocycles. The van der Waals surface area contributed by atoms with E-state index in [-0.39, 0.29) is 13.0 Å². The fourth-order valence-corrected chi connectivity index (χ4v) is 1.89. The van der Waals surface area contributed by atoms with E-state index in [4.69, 9.17) is 0 Å². The lowest BCUT2D eigenvalue weighted by molar-refractivity contribution is -0.164. The van der Waals surface area contributed by atoms with Crippen molar-refractivity contribution >= 4 is 13.3 Å². The molecule has 0 aromatic rings. The monoisotopic (exact) mass is 332 g/mol. The number of halogens is 6. The van der Waals surface area contributed by atoms with E-state index >= 15 is 0 Å². The summed E-state index contributed by atoms with van der Waals surface area (Å²) in [4.78, 5) is 11.2. The number of ether oxygens (including phenoxy) is 1. The SMILES string of the molecule is CCCOC(=O)P(=O)(OCC(F)(F)F)OCC(F)(F)F. The number of hydrogen-bond donors (Lipinski definition) is 0. The van der Waals surface area contributed by atoms with Crippen LogP contribution in [0.1, 0.15) is 13.3 Å². The second kappa shape index (κ2) is 7.28. The Bertz CT molecular complexity index is 343. The molecule has 0 aliphatic rings. The molecule has 0 atom stereocenters. The van der Waals surface area contributed by atoms with Gasteiger partial charge in [0.25, 0.3) is 0 Å². The van der Waals surface area contributed by atoms with Crippen LogP contribution in [0.15, 0.2) is 0 Å². The molecule has 0 radical (unpaired) electrons. The summed E-state index contributed by atoms with van der Waals surface area (Å²) in [6, 6.07) is 0. The lowest BCUT2D eigenvalue weighted by Gasteiger charge is -2.18. The van der Waals surface area contributed by atoms with Crippen molar-refractivity contribution in [2.45, 2.75) is 25.7 Å². The van der Waals surface area contributed by atoms with Crippen molar-refractivity contribution < 1.29 is 49.5 Å². The number of hydrogen-bond acceptors (Lipinski definition) is 5. The third-order valence-corrected chi connectivity index (χ3v) is 2.96. The van der Waals surface area contributed by atoms with Crippen LogP contribution in [0, 0.1) is 0 Å². The van der Waals surface area contributed by atoms with Crippen LogP contribution in [-0.4, -0.2) is 37.9 Å². The second-order valence-corrected chi connectivity index (χ2v) is 5.27. The molecule has 0 rings (SSSR count). The molecule has 0 amide bonds. The van der Waals surface area contributed by atoms with E-state index < -0.39 is 38.9 Å². The zero-order valence-electron chi connectivity index (χ0n) is 10.1. The van der Waals surface area contributed by atoms with E-state index in [1.165, 1.54) is 6.92 Å². The van der Waals surface area contributed by atoms with Crippen molar-refractivity contribution in [1.82, 2.24) is 0 Å². The highest BCUT2D eigenvalue weighted by Gasteiger charge is 2.44. The van der Waals surface area contributed by atoms with Gasteiger partial charge in [0.1, 0.15) is 0 Å². The maximum atomic E-state index is 11.9. The van der Waals surface area contributed by atoms with Crippen LogP contribution in [0.5, 0.6) is 0 Å². The summed E-state index contributed by atoms with van der Waals surface area (Å²) in [5.41, 5.74) is -1.90. The molecule has 0 aliphatic carbocycles. The Labute approximate surface area is 109 Å². The summed E-state index contributed by atoms with van der Waals surface area (Å²) in [5.74, 6) is 0. The first-order valence-electron chi connectivity index (χ1n) is 5.09. The quantitative estimate of drug-likeness (QED) is 0.523. The van der Waals surface area contributed by atoms with E-state index in [1.807, 2.05) is 0 Å². The van der Waals surface area contributed by atoms with Crippen LogP contribution in [0.4, 0.5) is 31.1 Å². The van der Waals surface area contributed by atoms with Gasteiger partial charge in [-0.15, -0.1) is 0 Å². The molecule has 0 aromatic carbocycles. The van der Waals surface area contributed by atoms with Gasteiger partial charge in [0.05, 0.1) is 6.61 Å². The van der Waals surface area contributed by atoms with Crippen LogP contribution < -0.4 is 0 Å². The Hall–Kier alpha value is -0.800. The Morgan fingerprint density at radius 2 is 1.40 bits per heavy atom. The summed E-state index contributed by atoms with van der Waals surface area (Å²) < 4.78 is 94.6. The van der Waals surface area contributed by atoms with Gasteiger partial charge in [0.15, 0.2) is 13.2 Å². The summed E-state index contributed by atoms with van der Waals surface area (Å²) in [6.07, 6.45) is -9.78. The Balaban J connectivity index is 4.84. The predicted octanol–water partition coefficient (Wildman–Crippen LogP) is 3.88. The van der Waals surface area contributed by atoms with Gasteiger partial charge in [-0.05, 0) is 6.42 Å². The number of rotatable bonds is 7. The first-order valence-corrected chi connectivity index (χ1v) is 6.64. The van der Waals surface area contributed by atoms with Gasteiger partial charge in [-0.1, -0.05) is 6.92 Å². The van der Waals surface area contributed by atoms with Crippen LogP contribution >= 0.6 is 7.60 Å². The van der Waals surface area contributed by atoms with Crippen molar-refractivity contribution in [3.8, 4) is 0 Å². The van der Waals surface area contributed by atoms with Gasteiger partial charge in [-0.25, -0.2) is 9.36 Å².